The van der Waals surface area contributed by atoms with Gasteiger partial charge in [-0.25, -0.2) is 4.98 Å². The molecule has 1 aliphatic heterocycles. The average molecular weight is 247 g/mol. The highest BCUT2D eigenvalue weighted by atomic mass is 32.2. The zero-order valence-electron chi connectivity index (χ0n) is 9.35. The van der Waals surface area contributed by atoms with Gasteiger partial charge in [0.1, 0.15) is 11.8 Å². The predicted octanol–water partition coefficient (Wildman–Crippen LogP) is 1.44. The van der Waals surface area contributed by atoms with E-state index in [1.54, 1.807) is 12.1 Å². The molecule has 0 spiro atoms. The maximum atomic E-state index is 11.7. The summed E-state index contributed by atoms with van der Waals surface area (Å²) in [7, 11) is 0. The number of pyridine rings is 1. The first kappa shape index (κ1) is 11.9. The molecule has 1 aromatic rings. The van der Waals surface area contributed by atoms with Crippen LogP contribution in [0.15, 0.2) is 18.3 Å². The Kier molecular flexibility index (Phi) is 3.99. The Hall–Kier alpha value is -1.54. The number of nitrogens with one attached hydrogen (secondary N) is 1. The summed E-state index contributed by atoms with van der Waals surface area (Å²) in [5.41, 5.74) is 0.836. The lowest BCUT2D eigenvalue weighted by molar-refractivity contribution is 0.0943. The van der Waals surface area contributed by atoms with E-state index < -0.39 is 0 Å². The zero-order valence-corrected chi connectivity index (χ0v) is 10.2. The standard InChI is InChI=1S/C12H13N3OS/c13-5-9-1-2-11(14-6-9)12(16)15-7-10-3-4-17-8-10/h1-2,6,10H,3-4,7-8H2,(H,15,16). The summed E-state index contributed by atoms with van der Waals surface area (Å²) in [5, 5.41) is 11.5. The highest BCUT2D eigenvalue weighted by Gasteiger charge is 2.16. The number of thioether (sulfide) groups is 1. The second-order valence-corrected chi connectivity index (χ2v) is 5.13. The van der Waals surface area contributed by atoms with Gasteiger partial charge in [0.15, 0.2) is 0 Å². The summed E-state index contributed by atoms with van der Waals surface area (Å²) in [6.07, 6.45) is 2.59. The van der Waals surface area contributed by atoms with Gasteiger partial charge >= 0.3 is 0 Å². The summed E-state index contributed by atoms with van der Waals surface area (Å²) in [4.78, 5) is 15.7. The van der Waals surface area contributed by atoms with Crippen molar-refractivity contribution in [1.29, 1.82) is 5.26 Å². The van der Waals surface area contributed by atoms with E-state index >= 15 is 0 Å². The highest BCUT2D eigenvalue weighted by Crippen LogP contribution is 2.22. The van der Waals surface area contributed by atoms with Crippen molar-refractivity contribution < 1.29 is 4.79 Å². The van der Waals surface area contributed by atoms with Crippen molar-refractivity contribution in [2.75, 3.05) is 18.1 Å². The van der Waals surface area contributed by atoms with Gasteiger partial charge < -0.3 is 5.32 Å². The fourth-order valence-electron chi connectivity index (χ4n) is 1.67. The molecule has 0 aliphatic carbocycles. The normalized spacial score (nSPS) is 18.6. The average Bonchev–Trinajstić information content (AvgIpc) is 2.89. The molecule has 2 rings (SSSR count). The number of rotatable bonds is 3. The molecule has 5 heteroatoms. The SMILES string of the molecule is N#Cc1ccc(C(=O)NCC2CCSC2)nc1. The molecule has 88 valence electrons. The van der Waals surface area contributed by atoms with Crippen LogP contribution in [0.4, 0.5) is 0 Å². The number of amides is 1. The first-order valence-corrected chi connectivity index (χ1v) is 6.67. The molecule has 1 aliphatic rings. The van der Waals surface area contributed by atoms with E-state index in [2.05, 4.69) is 10.3 Å². The Morgan fingerprint density at radius 3 is 3.12 bits per heavy atom. The molecule has 0 saturated carbocycles. The zero-order chi connectivity index (χ0) is 12.1. The number of carbonyl (C=O) groups excluding carboxylic acids is 1. The quantitative estimate of drug-likeness (QED) is 0.877. The van der Waals surface area contributed by atoms with E-state index in [0.29, 0.717) is 23.7 Å². The minimum Gasteiger partial charge on any atom is -0.350 e. The van der Waals surface area contributed by atoms with Gasteiger partial charge in [-0.2, -0.15) is 17.0 Å². The van der Waals surface area contributed by atoms with Crippen molar-refractivity contribution in [3.63, 3.8) is 0 Å². The van der Waals surface area contributed by atoms with Gasteiger partial charge in [-0.15, -0.1) is 0 Å². The number of hydrogen-bond acceptors (Lipinski definition) is 4. The van der Waals surface area contributed by atoms with Crippen LogP contribution in [-0.2, 0) is 0 Å². The number of hydrogen-bond donors (Lipinski definition) is 1. The predicted molar refractivity (Wildman–Crippen MR) is 66.7 cm³/mol. The second-order valence-electron chi connectivity index (χ2n) is 3.98. The van der Waals surface area contributed by atoms with Crippen molar-refractivity contribution in [2.45, 2.75) is 6.42 Å². The Morgan fingerprint density at radius 1 is 1.65 bits per heavy atom. The molecule has 1 N–H and O–H groups in total. The summed E-state index contributed by atoms with van der Waals surface area (Å²) in [6, 6.07) is 5.16. The van der Waals surface area contributed by atoms with Crippen LogP contribution in [0.2, 0.25) is 0 Å². The second kappa shape index (κ2) is 5.69. The maximum Gasteiger partial charge on any atom is 0.269 e. The molecular formula is C12H13N3OS. The van der Waals surface area contributed by atoms with E-state index in [0.717, 1.165) is 5.75 Å². The van der Waals surface area contributed by atoms with Crippen molar-refractivity contribution in [3.8, 4) is 6.07 Å². The molecule has 1 fully saturated rings. The lowest BCUT2D eigenvalue weighted by Gasteiger charge is -2.09. The smallest absolute Gasteiger partial charge is 0.269 e. The minimum absolute atomic E-state index is 0.161. The van der Waals surface area contributed by atoms with Crippen LogP contribution in [0.3, 0.4) is 0 Å². The fourth-order valence-corrected chi connectivity index (χ4v) is 2.95. The molecule has 17 heavy (non-hydrogen) atoms. The molecular weight excluding hydrogens is 234 g/mol. The Bertz CT molecular complexity index is 432. The van der Waals surface area contributed by atoms with Gasteiger partial charge in [0, 0.05) is 12.7 Å². The Morgan fingerprint density at radius 2 is 2.53 bits per heavy atom. The Labute approximate surface area is 104 Å². The van der Waals surface area contributed by atoms with Crippen LogP contribution < -0.4 is 5.32 Å². The third kappa shape index (κ3) is 3.21. The summed E-state index contributed by atoms with van der Waals surface area (Å²) >= 11 is 1.93. The fraction of sp³-hybridized carbons (Fsp3) is 0.417. The molecule has 0 bridgehead atoms. The molecule has 4 nitrogen and oxygen atoms in total. The van der Waals surface area contributed by atoms with E-state index in [-0.39, 0.29) is 5.91 Å². The van der Waals surface area contributed by atoms with Gasteiger partial charge in [0.25, 0.3) is 5.91 Å². The minimum atomic E-state index is -0.161. The molecule has 1 amide bonds. The van der Waals surface area contributed by atoms with Crippen molar-refractivity contribution in [3.05, 3.63) is 29.6 Å². The molecule has 1 unspecified atom stereocenters. The largest absolute Gasteiger partial charge is 0.350 e. The van der Waals surface area contributed by atoms with Gasteiger partial charge in [0.05, 0.1) is 5.56 Å². The molecule has 1 saturated heterocycles. The monoisotopic (exact) mass is 247 g/mol. The van der Waals surface area contributed by atoms with Crippen molar-refractivity contribution in [1.82, 2.24) is 10.3 Å². The maximum absolute atomic E-state index is 11.7. The number of carbonyl (C=O) groups is 1. The van der Waals surface area contributed by atoms with Crippen molar-refractivity contribution >= 4 is 17.7 Å². The number of nitrogens with zero attached hydrogens (tertiary/aromatic N) is 2. The summed E-state index contributed by atoms with van der Waals surface area (Å²) in [6.45, 7) is 0.716. The van der Waals surface area contributed by atoms with Gasteiger partial charge in [-0.05, 0) is 36.0 Å². The van der Waals surface area contributed by atoms with Crippen LogP contribution in [0.25, 0.3) is 0 Å². The van der Waals surface area contributed by atoms with E-state index in [1.807, 2.05) is 17.8 Å². The molecule has 0 aromatic carbocycles. The van der Waals surface area contributed by atoms with Gasteiger partial charge in [-0.1, -0.05) is 0 Å². The van der Waals surface area contributed by atoms with E-state index in [4.69, 9.17) is 5.26 Å². The topological polar surface area (TPSA) is 65.8 Å². The number of aromatic nitrogens is 1. The lowest BCUT2D eigenvalue weighted by Crippen LogP contribution is -2.29. The first-order chi connectivity index (χ1) is 8.29. The van der Waals surface area contributed by atoms with Crippen LogP contribution in [0, 0.1) is 17.2 Å². The third-order valence-electron chi connectivity index (χ3n) is 2.70. The summed E-state index contributed by atoms with van der Waals surface area (Å²) < 4.78 is 0. The van der Waals surface area contributed by atoms with Crippen LogP contribution in [0.5, 0.6) is 0 Å². The van der Waals surface area contributed by atoms with Gasteiger partial charge in [-0.3, -0.25) is 4.79 Å². The highest BCUT2D eigenvalue weighted by molar-refractivity contribution is 7.99. The van der Waals surface area contributed by atoms with Crippen molar-refractivity contribution in [2.24, 2.45) is 5.92 Å². The first-order valence-electron chi connectivity index (χ1n) is 5.51. The van der Waals surface area contributed by atoms with Crippen LogP contribution in [0.1, 0.15) is 22.5 Å². The summed E-state index contributed by atoms with van der Waals surface area (Å²) in [5.74, 6) is 2.74. The van der Waals surface area contributed by atoms with Crippen LogP contribution >= 0.6 is 11.8 Å². The lowest BCUT2D eigenvalue weighted by atomic mass is 10.1. The van der Waals surface area contributed by atoms with E-state index in [1.165, 1.54) is 18.4 Å². The third-order valence-corrected chi connectivity index (χ3v) is 3.93. The molecule has 0 radical (unpaired) electrons. The number of nitriles is 1. The van der Waals surface area contributed by atoms with Gasteiger partial charge in [0.2, 0.25) is 0 Å². The Balaban J connectivity index is 1.88. The van der Waals surface area contributed by atoms with Crippen LogP contribution in [-0.4, -0.2) is 28.9 Å². The molecule has 2 heterocycles. The molecule has 1 aromatic heterocycles. The molecule has 1 atom stereocenters. The van der Waals surface area contributed by atoms with E-state index in [9.17, 15) is 4.79 Å².